The van der Waals surface area contributed by atoms with Crippen LogP contribution in [0.25, 0.3) is 33.4 Å². The number of nitrogens with two attached hydrogens (primary N) is 1. The molecule has 0 atom stereocenters. The van der Waals surface area contributed by atoms with Crippen molar-refractivity contribution in [1.29, 1.82) is 0 Å². The zero-order valence-corrected chi connectivity index (χ0v) is 12.8. The topological polar surface area (TPSA) is 156 Å². The maximum atomic E-state index is 11.9. The summed E-state index contributed by atoms with van der Waals surface area (Å²) in [6, 6.07) is 7.20. The molecule has 0 aliphatic heterocycles. The van der Waals surface area contributed by atoms with E-state index in [1.54, 1.807) is 12.3 Å². The lowest BCUT2D eigenvalue weighted by Gasteiger charge is -2.10. The van der Waals surface area contributed by atoms with Crippen LogP contribution in [0.3, 0.4) is 0 Å². The van der Waals surface area contributed by atoms with Crippen molar-refractivity contribution in [3.05, 3.63) is 36.7 Å². The Kier molecular flexibility index (Phi) is 3.11. The molecule has 11 heteroatoms. The number of pyridine rings is 1. The fourth-order valence-corrected chi connectivity index (χ4v) is 3.19. The molecule has 0 fully saturated rings. The van der Waals surface area contributed by atoms with E-state index < -0.39 is 10.0 Å². The molecule has 3 aromatic heterocycles. The van der Waals surface area contributed by atoms with Crippen LogP contribution in [0.15, 0.2) is 41.7 Å². The number of aromatic nitrogens is 7. The van der Waals surface area contributed by atoms with Gasteiger partial charge in [-0.25, -0.2) is 18.5 Å². The number of hydrogen-bond acceptors (Lipinski definition) is 7. The fraction of sp³-hybridized carbons (Fsp3) is 0. The first-order chi connectivity index (χ1) is 11.5. The summed E-state index contributed by atoms with van der Waals surface area (Å²) in [5, 5.41) is 26.2. The lowest BCUT2D eigenvalue weighted by molar-refractivity contribution is 0.594. The van der Waals surface area contributed by atoms with Crippen LogP contribution in [-0.2, 0) is 10.0 Å². The Labute approximate surface area is 135 Å². The average molecular weight is 342 g/mol. The van der Waals surface area contributed by atoms with E-state index in [4.69, 9.17) is 5.14 Å². The van der Waals surface area contributed by atoms with Crippen LogP contribution in [0.1, 0.15) is 0 Å². The highest BCUT2D eigenvalue weighted by atomic mass is 32.2. The second kappa shape index (κ2) is 5.18. The average Bonchev–Trinajstić information content (AvgIpc) is 3.24. The molecule has 4 N–H and O–H groups in total. The second-order valence-corrected chi connectivity index (χ2v) is 6.47. The third-order valence-electron chi connectivity index (χ3n) is 3.51. The summed E-state index contributed by atoms with van der Waals surface area (Å²) in [7, 11) is -4.07. The van der Waals surface area contributed by atoms with E-state index in [9.17, 15) is 8.42 Å². The number of aromatic amines is 2. The van der Waals surface area contributed by atoms with Crippen molar-refractivity contribution < 1.29 is 8.42 Å². The van der Waals surface area contributed by atoms with E-state index in [-0.39, 0.29) is 16.4 Å². The zero-order valence-electron chi connectivity index (χ0n) is 12.0. The molecule has 4 aromatic rings. The summed E-state index contributed by atoms with van der Waals surface area (Å²) >= 11 is 0. The van der Waals surface area contributed by atoms with E-state index in [0.29, 0.717) is 5.56 Å². The van der Waals surface area contributed by atoms with Gasteiger partial charge in [-0.3, -0.25) is 5.10 Å². The highest BCUT2D eigenvalue weighted by molar-refractivity contribution is 7.89. The Morgan fingerprint density at radius 1 is 1.17 bits per heavy atom. The Morgan fingerprint density at radius 3 is 2.79 bits per heavy atom. The van der Waals surface area contributed by atoms with Gasteiger partial charge in [0.1, 0.15) is 0 Å². The molecule has 0 aliphatic carbocycles. The van der Waals surface area contributed by atoms with Gasteiger partial charge in [-0.2, -0.15) is 10.3 Å². The number of H-pyrrole nitrogens is 2. The minimum absolute atomic E-state index is 0.0921. The Bertz CT molecular complexity index is 1130. The second-order valence-electron chi connectivity index (χ2n) is 4.99. The Hall–Kier alpha value is -3.18. The van der Waals surface area contributed by atoms with Gasteiger partial charge >= 0.3 is 0 Å². The highest BCUT2D eigenvalue weighted by Gasteiger charge is 2.24. The van der Waals surface area contributed by atoms with Gasteiger partial charge in [0.05, 0.1) is 17.3 Å². The van der Waals surface area contributed by atoms with Crippen molar-refractivity contribution in [3.63, 3.8) is 0 Å². The molecule has 24 heavy (non-hydrogen) atoms. The number of tetrazole rings is 1. The van der Waals surface area contributed by atoms with Gasteiger partial charge in [0.2, 0.25) is 5.82 Å². The van der Waals surface area contributed by atoms with Gasteiger partial charge in [0, 0.05) is 11.6 Å². The third-order valence-corrected chi connectivity index (χ3v) is 4.35. The van der Waals surface area contributed by atoms with E-state index in [0.717, 1.165) is 16.5 Å². The van der Waals surface area contributed by atoms with Crippen LogP contribution in [0.5, 0.6) is 0 Å². The number of primary sulfonamides is 1. The molecular weight excluding hydrogens is 332 g/mol. The van der Waals surface area contributed by atoms with Crippen LogP contribution in [0.4, 0.5) is 0 Å². The smallest absolute Gasteiger partial charge is 0.256 e. The number of nitrogens with one attached hydrogen (secondary N) is 2. The molecule has 0 amide bonds. The maximum absolute atomic E-state index is 11.9. The third kappa shape index (κ3) is 2.31. The number of rotatable bonds is 3. The molecule has 0 aliphatic rings. The minimum atomic E-state index is -4.07. The molecule has 0 radical (unpaired) electrons. The van der Waals surface area contributed by atoms with Crippen LogP contribution in [-0.4, -0.2) is 44.2 Å². The number of fused-ring (bicyclic) bond motifs is 1. The van der Waals surface area contributed by atoms with Crippen molar-refractivity contribution in [3.8, 4) is 22.5 Å². The summed E-state index contributed by atoms with van der Waals surface area (Å²) in [6.45, 7) is 0. The van der Waals surface area contributed by atoms with Crippen LogP contribution in [0.2, 0.25) is 0 Å². The van der Waals surface area contributed by atoms with Crippen molar-refractivity contribution in [2.45, 2.75) is 5.03 Å². The Balaban J connectivity index is 2.05. The minimum Gasteiger partial charge on any atom is -0.278 e. The predicted octanol–water partition coefficient (Wildman–Crippen LogP) is 0.452. The lowest BCUT2D eigenvalue weighted by Crippen LogP contribution is -2.16. The van der Waals surface area contributed by atoms with Gasteiger partial charge in [0.25, 0.3) is 10.0 Å². The number of sulfonamides is 1. The summed E-state index contributed by atoms with van der Waals surface area (Å²) in [6.07, 6.45) is 3.05. The highest BCUT2D eigenvalue weighted by Crippen LogP contribution is 2.34. The van der Waals surface area contributed by atoms with Gasteiger partial charge < -0.3 is 0 Å². The molecule has 0 saturated carbocycles. The van der Waals surface area contributed by atoms with Crippen molar-refractivity contribution in [2.75, 3.05) is 0 Å². The van der Waals surface area contributed by atoms with Crippen LogP contribution in [0, 0.1) is 0 Å². The van der Waals surface area contributed by atoms with E-state index in [1.807, 2.05) is 18.2 Å². The summed E-state index contributed by atoms with van der Waals surface area (Å²) < 4.78 is 23.8. The predicted molar refractivity (Wildman–Crippen MR) is 83.9 cm³/mol. The van der Waals surface area contributed by atoms with Gasteiger partial charge in [-0.15, -0.1) is 10.2 Å². The fourth-order valence-electron chi connectivity index (χ4n) is 2.49. The summed E-state index contributed by atoms with van der Waals surface area (Å²) in [5.74, 6) is 0.0921. The van der Waals surface area contributed by atoms with Gasteiger partial charge in [0.15, 0.2) is 5.03 Å². The molecule has 0 unspecified atom stereocenters. The lowest BCUT2D eigenvalue weighted by atomic mass is 10.00. The van der Waals surface area contributed by atoms with Crippen molar-refractivity contribution in [1.82, 2.24) is 35.8 Å². The molecular formula is C13H10N8O2S. The quantitative estimate of drug-likeness (QED) is 0.488. The molecule has 120 valence electrons. The first-order valence-electron chi connectivity index (χ1n) is 6.73. The molecule has 0 bridgehead atoms. The Morgan fingerprint density at radius 2 is 2.04 bits per heavy atom. The molecule has 0 saturated heterocycles. The largest absolute Gasteiger partial charge is 0.278 e. The van der Waals surface area contributed by atoms with Crippen LogP contribution >= 0.6 is 0 Å². The van der Waals surface area contributed by atoms with Crippen molar-refractivity contribution >= 4 is 20.9 Å². The van der Waals surface area contributed by atoms with Gasteiger partial charge in [-0.1, -0.05) is 6.07 Å². The number of hydrogen-bond donors (Lipinski definition) is 3. The monoisotopic (exact) mass is 342 g/mol. The standard InChI is InChI=1S/C13H10N8O2S/c14-24(22,23)13-11(12-18-20-21-19-12)9(3-4-15-13)7-1-2-10-8(5-7)6-16-17-10/h1-6H,(H,16,17)(H2,14,22,23)(H,18,19,20,21). The summed E-state index contributed by atoms with van der Waals surface area (Å²) in [5.41, 5.74) is 2.37. The van der Waals surface area contributed by atoms with Crippen LogP contribution < -0.4 is 5.14 Å². The molecule has 0 spiro atoms. The normalized spacial score (nSPS) is 11.9. The molecule has 1 aromatic carbocycles. The van der Waals surface area contributed by atoms with E-state index in [1.165, 1.54) is 6.20 Å². The first kappa shape index (κ1) is 14.4. The SMILES string of the molecule is NS(=O)(=O)c1nccc(-c2ccc3[nH]ncc3c2)c1-c1nn[nH]n1. The van der Waals surface area contributed by atoms with Crippen molar-refractivity contribution in [2.24, 2.45) is 5.14 Å². The molecule has 10 nitrogen and oxygen atoms in total. The van der Waals surface area contributed by atoms with E-state index >= 15 is 0 Å². The maximum Gasteiger partial charge on any atom is 0.256 e. The first-order valence-corrected chi connectivity index (χ1v) is 8.28. The zero-order chi connectivity index (χ0) is 16.7. The molecule has 4 rings (SSSR count). The van der Waals surface area contributed by atoms with E-state index in [2.05, 4.69) is 35.8 Å². The molecule has 3 heterocycles. The number of nitrogens with zero attached hydrogens (tertiary/aromatic N) is 5. The van der Waals surface area contributed by atoms with Gasteiger partial charge in [-0.05, 0) is 34.5 Å². The number of benzene rings is 1. The summed E-state index contributed by atoms with van der Waals surface area (Å²) in [4.78, 5) is 3.89.